The van der Waals surface area contributed by atoms with Gasteiger partial charge in [0.25, 0.3) is 0 Å². The van der Waals surface area contributed by atoms with E-state index in [0.29, 0.717) is 6.42 Å². The molecule has 1 heterocycles. The largest absolute Gasteiger partial charge is 0.487 e. The Hall–Kier alpha value is -2.03. The Balaban J connectivity index is 1.64. The Morgan fingerprint density at radius 2 is 1.33 bits per heavy atom. The van der Waals surface area contributed by atoms with Gasteiger partial charge in [-0.05, 0) is 125 Å². The summed E-state index contributed by atoms with van der Waals surface area (Å²) in [5.41, 5.74) is 3.24. The van der Waals surface area contributed by atoms with E-state index < -0.39 is 0 Å². The molecule has 0 amide bonds. The van der Waals surface area contributed by atoms with Crippen molar-refractivity contribution in [1.82, 2.24) is 0 Å². The highest BCUT2D eigenvalue weighted by Crippen LogP contribution is 2.42. The van der Waals surface area contributed by atoms with Gasteiger partial charge in [-0.15, -0.1) is 0 Å². The Morgan fingerprint density at radius 1 is 0.755 bits per heavy atom. The van der Waals surface area contributed by atoms with Crippen molar-refractivity contribution in [3.63, 3.8) is 0 Å². The Bertz CT molecular complexity index is 1100. The zero-order valence-corrected chi connectivity index (χ0v) is 33.6. The van der Waals surface area contributed by atoms with Crippen molar-refractivity contribution < 1.29 is 14.3 Å². The number of esters is 1. The molecule has 3 unspecified atom stereocenters. The number of allylic oxidation sites excluding steroid dienone is 4. The van der Waals surface area contributed by atoms with Crippen molar-refractivity contribution in [2.75, 3.05) is 0 Å². The lowest BCUT2D eigenvalue weighted by atomic mass is 9.85. The van der Waals surface area contributed by atoms with Crippen LogP contribution in [-0.2, 0) is 11.2 Å². The van der Waals surface area contributed by atoms with Crippen LogP contribution in [0.25, 0.3) is 0 Å². The summed E-state index contributed by atoms with van der Waals surface area (Å²) in [4.78, 5) is 12.8. The van der Waals surface area contributed by atoms with Crippen LogP contribution in [0.5, 0.6) is 11.5 Å². The van der Waals surface area contributed by atoms with Crippen LogP contribution in [0.1, 0.15) is 199 Å². The third-order valence-electron chi connectivity index (χ3n) is 11.0. The Morgan fingerprint density at radius 3 is 1.98 bits per heavy atom. The number of unbranched alkanes of at least 4 members (excludes halogenated alkanes) is 8. The third kappa shape index (κ3) is 18.7. The molecule has 0 aromatic heterocycles. The first-order valence-corrected chi connectivity index (χ1v) is 20.9. The van der Waals surface area contributed by atoms with Gasteiger partial charge in [-0.25, -0.2) is 0 Å². The normalized spacial score (nSPS) is 17.5. The zero-order valence-electron chi connectivity index (χ0n) is 33.6. The van der Waals surface area contributed by atoms with Crippen LogP contribution in [0.3, 0.4) is 0 Å². The number of rotatable bonds is 27. The highest BCUT2D eigenvalue weighted by atomic mass is 16.5. The molecule has 2 rings (SSSR count). The van der Waals surface area contributed by atoms with Crippen LogP contribution in [0.2, 0.25) is 0 Å². The minimum atomic E-state index is -0.115. The van der Waals surface area contributed by atoms with Crippen molar-refractivity contribution in [2.45, 2.75) is 209 Å². The molecule has 0 saturated heterocycles. The van der Waals surface area contributed by atoms with E-state index in [1.165, 1.54) is 95.5 Å². The second-order valence-electron chi connectivity index (χ2n) is 16.4. The lowest BCUT2D eigenvalue weighted by molar-refractivity contribution is -0.134. The lowest BCUT2D eigenvalue weighted by Gasteiger charge is -2.37. The van der Waals surface area contributed by atoms with Crippen LogP contribution in [0.4, 0.5) is 0 Å². The number of aryl methyl sites for hydroxylation is 1. The van der Waals surface area contributed by atoms with Gasteiger partial charge in [0, 0.05) is 6.42 Å². The van der Waals surface area contributed by atoms with Crippen molar-refractivity contribution in [3.05, 3.63) is 47.1 Å². The first-order chi connectivity index (χ1) is 23.5. The summed E-state index contributed by atoms with van der Waals surface area (Å²) < 4.78 is 12.7. The molecule has 0 bridgehead atoms. The molecule has 1 aliphatic rings. The maximum absolute atomic E-state index is 12.8. The molecule has 49 heavy (non-hydrogen) atoms. The SMILES string of the molecule is CC/C=C/CC/C=C/CCCCCCCCCC(=O)Oc1cc2c(c(C)c1C)OC(C)(CCCC(C)CCCC(C)CCCC(C)C)CC2. The van der Waals surface area contributed by atoms with Gasteiger partial charge in [0.2, 0.25) is 0 Å². The van der Waals surface area contributed by atoms with Crippen molar-refractivity contribution >= 4 is 5.97 Å². The summed E-state index contributed by atoms with van der Waals surface area (Å²) in [5.74, 6) is 4.14. The van der Waals surface area contributed by atoms with Gasteiger partial charge in [0.05, 0.1) is 0 Å². The molecule has 1 aromatic rings. The maximum atomic E-state index is 12.8. The van der Waals surface area contributed by atoms with Gasteiger partial charge in [0.1, 0.15) is 17.1 Å². The van der Waals surface area contributed by atoms with Crippen LogP contribution < -0.4 is 9.47 Å². The molecule has 0 radical (unpaired) electrons. The molecule has 0 fully saturated rings. The number of carbonyl (C=O) groups excluding carboxylic acids is 1. The van der Waals surface area contributed by atoms with E-state index in [2.05, 4.69) is 85.8 Å². The molecule has 0 spiro atoms. The monoisotopic (exact) mass is 679 g/mol. The van der Waals surface area contributed by atoms with E-state index in [4.69, 9.17) is 9.47 Å². The van der Waals surface area contributed by atoms with Gasteiger partial charge >= 0.3 is 5.97 Å². The fourth-order valence-electron chi connectivity index (χ4n) is 7.34. The standard InChI is InChI=1S/C46H78O3/c1-9-10-11-12-13-14-15-16-17-18-19-20-21-22-23-32-44(47)48-43-36-42-33-35-46(8,49-45(42)41(7)40(43)6)34-26-31-39(5)30-25-29-38(4)28-24-27-37(2)3/h10-11,14-15,36-39H,9,12-13,16-35H2,1-8H3/b11-10+,15-14+. The van der Waals surface area contributed by atoms with Gasteiger partial charge in [-0.2, -0.15) is 0 Å². The zero-order chi connectivity index (χ0) is 35.9. The Kier molecular flexibility index (Phi) is 22.0. The molecule has 3 heteroatoms. The van der Waals surface area contributed by atoms with Gasteiger partial charge in [0.15, 0.2) is 0 Å². The van der Waals surface area contributed by atoms with Crippen molar-refractivity contribution in [1.29, 1.82) is 0 Å². The Labute approximate surface area is 304 Å². The number of hydrogen-bond acceptors (Lipinski definition) is 3. The summed E-state index contributed by atoms with van der Waals surface area (Å²) in [6, 6.07) is 2.08. The van der Waals surface area contributed by atoms with Crippen LogP contribution in [-0.4, -0.2) is 11.6 Å². The summed E-state index contributed by atoms with van der Waals surface area (Å²) in [6.07, 6.45) is 36.6. The first-order valence-electron chi connectivity index (χ1n) is 20.9. The lowest BCUT2D eigenvalue weighted by Crippen LogP contribution is -2.36. The molecule has 3 atom stereocenters. The quantitative estimate of drug-likeness (QED) is 0.0402. The van der Waals surface area contributed by atoms with Crippen molar-refractivity contribution in [3.8, 4) is 11.5 Å². The highest BCUT2D eigenvalue weighted by Gasteiger charge is 2.33. The van der Waals surface area contributed by atoms with E-state index >= 15 is 0 Å². The first kappa shape index (κ1) is 43.1. The summed E-state index contributed by atoms with van der Waals surface area (Å²) >= 11 is 0. The predicted octanol–water partition coefficient (Wildman–Crippen LogP) is 14.5. The molecule has 0 N–H and O–H groups in total. The summed E-state index contributed by atoms with van der Waals surface area (Å²) in [6.45, 7) is 18.2. The topological polar surface area (TPSA) is 35.5 Å². The average molecular weight is 679 g/mol. The molecule has 280 valence electrons. The van der Waals surface area contributed by atoms with E-state index in [-0.39, 0.29) is 11.6 Å². The molecular formula is C46H78O3. The summed E-state index contributed by atoms with van der Waals surface area (Å²) in [7, 11) is 0. The maximum Gasteiger partial charge on any atom is 0.311 e. The fourth-order valence-corrected chi connectivity index (χ4v) is 7.34. The third-order valence-corrected chi connectivity index (χ3v) is 11.0. The van der Waals surface area contributed by atoms with Crippen LogP contribution in [0, 0.1) is 31.6 Å². The number of hydrogen-bond donors (Lipinski definition) is 0. The minimum Gasteiger partial charge on any atom is -0.487 e. The van der Waals surface area contributed by atoms with Gasteiger partial charge < -0.3 is 9.47 Å². The van der Waals surface area contributed by atoms with E-state index in [1.54, 1.807) is 0 Å². The molecular weight excluding hydrogens is 601 g/mol. The minimum absolute atomic E-state index is 0.101. The molecule has 0 saturated carbocycles. The van der Waals surface area contributed by atoms with Gasteiger partial charge in [-0.3, -0.25) is 4.79 Å². The van der Waals surface area contributed by atoms with Gasteiger partial charge in [-0.1, -0.05) is 136 Å². The molecule has 1 aromatic carbocycles. The average Bonchev–Trinajstić information content (AvgIpc) is 3.05. The van der Waals surface area contributed by atoms with E-state index in [9.17, 15) is 4.79 Å². The molecule has 1 aliphatic heterocycles. The highest BCUT2D eigenvalue weighted by molar-refractivity contribution is 5.73. The second kappa shape index (κ2) is 25.0. The number of carbonyl (C=O) groups is 1. The fraction of sp³-hybridized carbons (Fsp3) is 0.761. The summed E-state index contributed by atoms with van der Waals surface area (Å²) in [5, 5.41) is 0. The number of benzene rings is 1. The number of fused-ring (bicyclic) bond motifs is 1. The number of ether oxygens (including phenoxy) is 2. The predicted molar refractivity (Wildman–Crippen MR) is 213 cm³/mol. The smallest absolute Gasteiger partial charge is 0.311 e. The molecule has 0 aliphatic carbocycles. The van der Waals surface area contributed by atoms with E-state index in [0.717, 1.165) is 91.7 Å². The second-order valence-corrected chi connectivity index (χ2v) is 16.4. The van der Waals surface area contributed by atoms with Crippen molar-refractivity contribution in [2.24, 2.45) is 17.8 Å². The van der Waals surface area contributed by atoms with Crippen LogP contribution in [0.15, 0.2) is 30.4 Å². The van der Waals surface area contributed by atoms with E-state index in [1.807, 2.05) is 0 Å². The molecule has 3 nitrogen and oxygen atoms in total. The van der Waals surface area contributed by atoms with Crippen LogP contribution >= 0.6 is 0 Å².